The third kappa shape index (κ3) is 3.25. The number of rotatable bonds is 3. The first kappa shape index (κ1) is 14.6. The maximum Gasteiger partial charge on any atom is 0.262 e. The minimum Gasteiger partial charge on any atom is -0.352 e. The van der Waals surface area contributed by atoms with Crippen molar-refractivity contribution in [2.24, 2.45) is 0 Å². The van der Waals surface area contributed by atoms with E-state index in [4.69, 9.17) is 33.9 Å². The standard InChI is InChI=1S/C9H8Cl3NO3S/c1-2-13-9(14)7-5(10)3-4-6(8(7)11)17(12,15)16/h3-4H,2H2,1H3,(H,13,14). The number of halogens is 3. The zero-order valence-corrected chi connectivity index (χ0v) is 11.7. The molecule has 0 aliphatic carbocycles. The molecule has 0 bridgehead atoms. The SMILES string of the molecule is CCNC(=O)c1c(Cl)ccc(S(=O)(=O)Cl)c1Cl. The molecule has 0 spiro atoms. The number of benzene rings is 1. The van der Waals surface area contributed by atoms with Crippen LogP contribution in [-0.2, 0) is 9.05 Å². The highest BCUT2D eigenvalue weighted by molar-refractivity contribution is 8.13. The summed E-state index contributed by atoms with van der Waals surface area (Å²) in [4.78, 5) is 11.3. The maximum atomic E-state index is 11.6. The minimum absolute atomic E-state index is 0.0602. The summed E-state index contributed by atoms with van der Waals surface area (Å²) in [5.74, 6) is -0.551. The first-order valence-corrected chi connectivity index (χ1v) is 7.56. The van der Waals surface area contributed by atoms with Crippen LogP contribution in [0.4, 0.5) is 0 Å². The van der Waals surface area contributed by atoms with Crippen molar-refractivity contribution in [3.8, 4) is 0 Å². The van der Waals surface area contributed by atoms with Gasteiger partial charge in [0.25, 0.3) is 15.0 Å². The molecular weight excluding hydrogens is 309 g/mol. The normalized spacial score (nSPS) is 11.3. The van der Waals surface area contributed by atoms with Crippen LogP contribution < -0.4 is 5.32 Å². The monoisotopic (exact) mass is 315 g/mol. The Morgan fingerprint density at radius 3 is 2.41 bits per heavy atom. The molecular formula is C9H8Cl3NO3S. The summed E-state index contributed by atoms with van der Waals surface area (Å²) in [6, 6.07) is 2.41. The lowest BCUT2D eigenvalue weighted by molar-refractivity contribution is 0.0956. The Balaban J connectivity index is 3.46. The third-order valence-corrected chi connectivity index (χ3v) is 4.07. The topological polar surface area (TPSA) is 63.2 Å². The second kappa shape index (κ2) is 5.44. The van der Waals surface area contributed by atoms with E-state index in [1.54, 1.807) is 6.92 Å². The van der Waals surface area contributed by atoms with Gasteiger partial charge in [-0.05, 0) is 19.1 Å². The van der Waals surface area contributed by atoms with Crippen LogP contribution in [0.1, 0.15) is 17.3 Å². The number of hydrogen-bond donors (Lipinski definition) is 1. The number of carbonyl (C=O) groups is 1. The molecule has 94 valence electrons. The van der Waals surface area contributed by atoms with Gasteiger partial charge in [0.2, 0.25) is 0 Å². The van der Waals surface area contributed by atoms with E-state index in [-0.39, 0.29) is 20.5 Å². The van der Waals surface area contributed by atoms with E-state index in [0.29, 0.717) is 6.54 Å². The highest BCUT2D eigenvalue weighted by atomic mass is 35.7. The van der Waals surface area contributed by atoms with E-state index in [1.807, 2.05) is 0 Å². The molecule has 0 radical (unpaired) electrons. The molecule has 0 aliphatic heterocycles. The first-order chi connectivity index (χ1) is 7.79. The summed E-state index contributed by atoms with van der Waals surface area (Å²) in [5.41, 5.74) is -0.100. The average Bonchev–Trinajstić information content (AvgIpc) is 2.15. The van der Waals surface area contributed by atoms with E-state index in [2.05, 4.69) is 5.32 Å². The second-order valence-corrected chi connectivity index (χ2v) is 6.35. The average molecular weight is 317 g/mol. The van der Waals surface area contributed by atoms with Crippen molar-refractivity contribution >= 4 is 48.8 Å². The fourth-order valence-electron chi connectivity index (χ4n) is 1.18. The Bertz CT molecular complexity index is 557. The molecule has 0 saturated carbocycles. The van der Waals surface area contributed by atoms with Crippen molar-refractivity contribution in [3.63, 3.8) is 0 Å². The predicted molar refractivity (Wildman–Crippen MR) is 67.5 cm³/mol. The highest BCUT2D eigenvalue weighted by Gasteiger charge is 2.23. The van der Waals surface area contributed by atoms with Crippen molar-refractivity contribution < 1.29 is 13.2 Å². The van der Waals surface area contributed by atoms with Crippen molar-refractivity contribution in [2.75, 3.05) is 6.54 Å². The predicted octanol–water partition coefficient (Wildman–Crippen LogP) is 2.67. The van der Waals surface area contributed by atoms with Crippen LogP contribution in [0.15, 0.2) is 17.0 Å². The minimum atomic E-state index is -4.02. The molecule has 1 aromatic rings. The molecule has 8 heteroatoms. The molecule has 0 fully saturated rings. The molecule has 0 aliphatic rings. The fraction of sp³-hybridized carbons (Fsp3) is 0.222. The van der Waals surface area contributed by atoms with Gasteiger partial charge in [-0.1, -0.05) is 23.2 Å². The molecule has 0 saturated heterocycles. The van der Waals surface area contributed by atoms with Gasteiger partial charge < -0.3 is 5.32 Å². The summed E-state index contributed by atoms with van der Waals surface area (Å²) >= 11 is 11.6. The lowest BCUT2D eigenvalue weighted by Crippen LogP contribution is -2.23. The quantitative estimate of drug-likeness (QED) is 0.872. The Morgan fingerprint density at radius 1 is 1.35 bits per heavy atom. The van der Waals surface area contributed by atoms with E-state index in [9.17, 15) is 13.2 Å². The van der Waals surface area contributed by atoms with Gasteiger partial charge in [0.15, 0.2) is 0 Å². The van der Waals surface area contributed by atoms with Crippen molar-refractivity contribution in [2.45, 2.75) is 11.8 Å². The maximum absolute atomic E-state index is 11.6. The van der Waals surface area contributed by atoms with Crippen molar-refractivity contribution in [3.05, 3.63) is 27.7 Å². The molecule has 0 unspecified atom stereocenters. The lowest BCUT2D eigenvalue weighted by atomic mass is 10.2. The van der Waals surface area contributed by atoms with Crippen LogP contribution in [-0.4, -0.2) is 20.9 Å². The van der Waals surface area contributed by atoms with Crippen LogP contribution in [0, 0.1) is 0 Å². The number of hydrogen-bond acceptors (Lipinski definition) is 3. The molecule has 1 rings (SSSR count). The molecule has 1 N–H and O–H groups in total. The largest absolute Gasteiger partial charge is 0.352 e. The van der Waals surface area contributed by atoms with E-state index in [0.717, 1.165) is 6.07 Å². The Kier molecular flexibility index (Phi) is 4.66. The molecule has 0 heterocycles. The van der Waals surface area contributed by atoms with Gasteiger partial charge in [-0.2, -0.15) is 0 Å². The fourth-order valence-corrected chi connectivity index (χ4v) is 3.08. The zero-order valence-electron chi connectivity index (χ0n) is 8.63. The van der Waals surface area contributed by atoms with Gasteiger partial charge in [-0.25, -0.2) is 8.42 Å². The van der Waals surface area contributed by atoms with Gasteiger partial charge in [-0.15, -0.1) is 0 Å². The number of amides is 1. The van der Waals surface area contributed by atoms with Crippen LogP contribution in [0.25, 0.3) is 0 Å². The molecule has 1 aromatic carbocycles. The van der Waals surface area contributed by atoms with Crippen LogP contribution >= 0.6 is 33.9 Å². The van der Waals surface area contributed by atoms with Crippen LogP contribution in [0.2, 0.25) is 10.0 Å². The zero-order chi connectivity index (χ0) is 13.2. The molecule has 17 heavy (non-hydrogen) atoms. The van der Waals surface area contributed by atoms with Gasteiger partial charge in [0, 0.05) is 17.2 Å². The number of nitrogens with one attached hydrogen (secondary N) is 1. The lowest BCUT2D eigenvalue weighted by Gasteiger charge is -2.09. The second-order valence-electron chi connectivity index (χ2n) is 3.03. The highest BCUT2D eigenvalue weighted by Crippen LogP contribution is 2.32. The Labute approximate surface area is 113 Å². The number of carbonyl (C=O) groups excluding carboxylic acids is 1. The summed E-state index contributed by atoms with van der Waals surface area (Å²) in [5, 5.41) is 2.26. The smallest absolute Gasteiger partial charge is 0.262 e. The van der Waals surface area contributed by atoms with Crippen LogP contribution in [0.5, 0.6) is 0 Å². The van der Waals surface area contributed by atoms with E-state index >= 15 is 0 Å². The molecule has 4 nitrogen and oxygen atoms in total. The summed E-state index contributed by atoms with van der Waals surface area (Å²) in [7, 11) is 1.16. The Morgan fingerprint density at radius 2 is 1.94 bits per heavy atom. The third-order valence-electron chi connectivity index (χ3n) is 1.88. The van der Waals surface area contributed by atoms with Gasteiger partial charge >= 0.3 is 0 Å². The summed E-state index contributed by atoms with van der Waals surface area (Å²) < 4.78 is 22.4. The van der Waals surface area contributed by atoms with E-state index in [1.165, 1.54) is 6.07 Å². The van der Waals surface area contributed by atoms with Gasteiger partial charge in [0.05, 0.1) is 15.6 Å². The van der Waals surface area contributed by atoms with Crippen molar-refractivity contribution in [1.82, 2.24) is 5.32 Å². The van der Waals surface area contributed by atoms with Gasteiger partial charge in [0.1, 0.15) is 4.90 Å². The molecule has 1 amide bonds. The summed E-state index contributed by atoms with van der Waals surface area (Å²) in [6.07, 6.45) is 0. The first-order valence-electron chi connectivity index (χ1n) is 4.50. The van der Waals surface area contributed by atoms with Crippen LogP contribution in [0.3, 0.4) is 0 Å². The Hall–Kier alpha value is -0.490. The molecule has 0 atom stereocenters. The van der Waals surface area contributed by atoms with Crippen molar-refractivity contribution in [1.29, 1.82) is 0 Å². The summed E-state index contributed by atoms with van der Waals surface area (Å²) in [6.45, 7) is 2.07. The van der Waals surface area contributed by atoms with Gasteiger partial charge in [-0.3, -0.25) is 4.79 Å². The molecule has 0 aromatic heterocycles. The van der Waals surface area contributed by atoms with E-state index < -0.39 is 15.0 Å².